The van der Waals surface area contributed by atoms with Crippen molar-refractivity contribution in [3.05, 3.63) is 218 Å². The summed E-state index contributed by atoms with van der Waals surface area (Å²) in [6.45, 7) is 0. The smallest absolute Gasteiger partial charge is 0.0702 e. The Morgan fingerprint density at radius 3 is 1.17 bits per heavy atom. The average Bonchev–Trinajstić information content (AvgIpc) is 3.87. The second-order valence-electron chi connectivity index (χ2n) is 16.7. The highest BCUT2D eigenvalue weighted by Gasteiger charge is 2.24. The Balaban J connectivity index is 0.974. The zero-order chi connectivity index (χ0) is 42.1. The van der Waals surface area contributed by atoms with Gasteiger partial charge in [-0.25, -0.2) is 0 Å². The molecule has 0 fully saturated rings. The quantitative estimate of drug-likeness (QED) is 0.168. The van der Waals surface area contributed by atoms with Crippen LogP contribution in [0.2, 0.25) is 0 Å². The van der Waals surface area contributed by atoms with Crippen LogP contribution in [0.1, 0.15) is 11.1 Å². The minimum atomic E-state index is 0.952. The van der Waals surface area contributed by atoms with Crippen LogP contribution in [0.4, 0.5) is 0 Å². The highest BCUT2D eigenvalue weighted by atomic mass is 15.0. The van der Waals surface area contributed by atoms with E-state index in [-0.39, 0.29) is 0 Å². The fourth-order valence-electron chi connectivity index (χ4n) is 9.98. The fourth-order valence-corrected chi connectivity index (χ4v) is 9.98. The molecule has 0 unspecified atom stereocenters. The summed E-state index contributed by atoms with van der Waals surface area (Å²) < 4.78 is 4.74. The molecule has 0 radical (unpaired) electrons. The third kappa shape index (κ3) is 5.87. The zero-order valence-corrected chi connectivity index (χ0v) is 34.7. The van der Waals surface area contributed by atoms with Crippen LogP contribution < -0.4 is 0 Å². The van der Waals surface area contributed by atoms with Crippen LogP contribution in [-0.2, 0) is 12.8 Å². The van der Waals surface area contributed by atoms with Gasteiger partial charge in [-0.3, -0.25) is 19.9 Å². The summed E-state index contributed by atoms with van der Waals surface area (Å²) >= 11 is 0. The summed E-state index contributed by atoms with van der Waals surface area (Å²) in [6, 6.07) is 61.0. The maximum atomic E-state index is 4.95. The van der Waals surface area contributed by atoms with E-state index in [4.69, 9.17) is 9.97 Å². The summed E-state index contributed by atoms with van der Waals surface area (Å²) in [6.07, 6.45) is 13.5. The average molecular weight is 819 g/mol. The SMILES string of the molecule is c1ccc(-c2ccc(-c3ccc4c(c3)c3cc5c(cc3n4-c3cccnc3)-c3cc4c(cc3CC5)c3cc(-c5ccc(-c6ccccc6)cn5)ccc3n4-c3cccnc3)nc2)cc1. The van der Waals surface area contributed by atoms with Crippen molar-refractivity contribution < 1.29 is 0 Å². The molecule has 0 atom stereocenters. The normalized spacial score (nSPS) is 12.2. The molecule has 0 bridgehead atoms. The molecule has 6 aromatic heterocycles. The number of rotatable bonds is 6. The van der Waals surface area contributed by atoms with Crippen LogP contribution >= 0.6 is 0 Å². The second kappa shape index (κ2) is 14.6. The first kappa shape index (κ1) is 36.2. The molecule has 300 valence electrons. The fraction of sp³-hybridized carbons (Fsp3) is 0.0345. The van der Waals surface area contributed by atoms with E-state index in [0.29, 0.717) is 0 Å². The highest BCUT2D eigenvalue weighted by molar-refractivity contribution is 6.14. The van der Waals surface area contributed by atoms with E-state index in [2.05, 4.69) is 165 Å². The lowest BCUT2D eigenvalue weighted by molar-refractivity contribution is 0.946. The van der Waals surface area contributed by atoms with E-state index in [1.54, 1.807) is 0 Å². The van der Waals surface area contributed by atoms with Crippen molar-refractivity contribution in [3.63, 3.8) is 0 Å². The molecule has 0 amide bonds. The number of nitrogens with zero attached hydrogens (tertiary/aromatic N) is 6. The predicted molar refractivity (Wildman–Crippen MR) is 261 cm³/mol. The molecule has 6 nitrogen and oxygen atoms in total. The number of fused-ring (bicyclic) bond motifs is 9. The third-order valence-corrected chi connectivity index (χ3v) is 13.1. The van der Waals surface area contributed by atoms with Gasteiger partial charge in [-0.15, -0.1) is 0 Å². The Bertz CT molecular complexity index is 3480. The van der Waals surface area contributed by atoms with Crippen LogP contribution in [0, 0.1) is 0 Å². The van der Waals surface area contributed by atoms with E-state index < -0.39 is 0 Å². The summed E-state index contributed by atoms with van der Waals surface area (Å²) in [7, 11) is 0. The summed E-state index contributed by atoms with van der Waals surface area (Å²) in [5.41, 5.74) is 20.5. The first-order chi connectivity index (χ1) is 31.7. The van der Waals surface area contributed by atoms with E-state index in [1.165, 1.54) is 43.8 Å². The lowest BCUT2D eigenvalue weighted by Gasteiger charge is -2.21. The van der Waals surface area contributed by atoms with Crippen molar-refractivity contribution in [2.45, 2.75) is 12.8 Å². The van der Waals surface area contributed by atoms with Crippen molar-refractivity contribution in [1.29, 1.82) is 0 Å². The van der Waals surface area contributed by atoms with Crippen LogP contribution in [0.3, 0.4) is 0 Å². The second-order valence-corrected chi connectivity index (χ2v) is 16.7. The van der Waals surface area contributed by atoms with Crippen molar-refractivity contribution in [2.75, 3.05) is 0 Å². The van der Waals surface area contributed by atoms with E-state index in [1.807, 2.05) is 61.4 Å². The van der Waals surface area contributed by atoms with Gasteiger partial charge in [-0.1, -0.05) is 84.9 Å². The standard InChI is InChI=1S/C58H38N6/c1-3-9-37(10-4-1)43-17-21-53(61-33-43)41-19-23-55-49(29-41)51-27-39-15-16-40-28-52-50-30-42(54-22-18-44(34-62-54)38-11-5-2-6-12-38)20-24-56(50)64(46-14-8-26-60-36-46)58(52)32-48(40)47(39)31-57(51)63(55)45-13-7-25-59-35-45/h1-14,17-36H,15-16H2. The van der Waals surface area contributed by atoms with Gasteiger partial charge in [0.2, 0.25) is 0 Å². The lowest BCUT2D eigenvalue weighted by Crippen LogP contribution is -2.05. The Labute approximate surface area is 369 Å². The molecule has 0 N–H and O–H groups in total. The molecule has 1 aliphatic rings. The number of aromatic nitrogens is 6. The van der Waals surface area contributed by atoms with Crippen LogP contribution in [0.5, 0.6) is 0 Å². The monoisotopic (exact) mass is 818 g/mol. The third-order valence-electron chi connectivity index (χ3n) is 13.1. The Morgan fingerprint density at radius 2 is 0.766 bits per heavy atom. The van der Waals surface area contributed by atoms with Gasteiger partial charge < -0.3 is 9.13 Å². The van der Waals surface area contributed by atoms with E-state index >= 15 is 0 Å². The maximum Gasteiger partial charge on any atom is 0.0702 e. The van der Waals surface area contributed by atoms with Gasteiger partial charge >= 0.3 is 0 Å². The first-order valence-electron chi connectivity index (χ1n) is 21.8. The Kier molecular flexibility index (Phi) is 8.24. The topological polar surface area (TPSA) is 61.4 Å². The number of hydrogen-bond acceptors (Lipinski definition) is 4. The van der Waals surface area contributed by atoms with Crippen molar-refractivity contribution in [3.8, 4) is 67.3 Å². The van der Waals surface area contributed by atoms with Gasteiger partial charge in [0.25, 0.3) is 0 Å². The van der Waals surface area contributed by atoms with Gasteiger partial charge in [-0.05, 0) is 131 Å². The van der Waals surface area contributed by atoms with Crippen LogP contribution in [0.15, 0.2) is 207 Å². The zero-order valence-electron chi connectivity index (χ0n) is 34.7. The van der Waals surface area contributed by atoms with Crippen molar-refractivity contribution in [2.24, 2.45) is 0 Å². The van der Waals surface area contributed by atoms with Gasteiger partial charge in [-0.2, -0.15) is 0 Å². The molecule has 0 saturated heterocycles. The van der Waals surface area contributed by atoms with Crippen molar-refractivity contribution in [1.82, 2.24) is 29.1 Å². The predicted octanol–water partition coefficient (Wildman–Crippen LogP) is 13.9. The molecule has 12 aromatic rings. The number of hydrogen-bond donors (Lipinski definition) is 0. The molecule has 6 heteroatoms. The van der Waals surface area contributed by atoms with Crippen LogP contribution in [0.25, 0.3) is 111 Å². The van der Waals surface area contributed by atoms with E-state index in [0.717, 1.165) is 91.1 Å². The maximum absolute atomic E-state index is 4.95. The van der Waals surface area contributed by atoms with Gasteiger partial charge in [0.1, 0.15) is 0 Å². The van der Waals surface area contributed by atoms with Crippen LogP contribution in [-0.4, -0.2) is 29.1 Å². The van der Waals surface area contributed by atoms with E-state index in [9.17, 15) is 0 Å². The van der Waals surface area contributed by atoms with Gasteiger partial charge in [0.05, 0.1) is 57.2 Å². The van der Waals surface area contributed by atoms with Crippen molar-refractivity contribution >= 4 is 43.6 Å². The highest BCUT2D eigenvalue weighted by Crippen LogP contribution is 2.45. The number of pyridine rings is 4. The summed E-state index contributed by atoms with van der Waals surface area (Å²) in [5, 5.41) is 4.86. The first-order valence-corrected chi connectivity index (χ1v) is 21.8. The molecule has 0 aliphatic heterocycles. The number of aryl methyl sites for hydroxylation is 2. The van der Waals surface area contributed by atoms with Gasteiger partial charge in [0.15, 0.2) is 0 Å². The molecule has 64 heavy (non-hydrogen) atoms. The van der Waals surface area contributed by atoms with Gasteiger partial charge in [0, 0.05) is 68.6 Å². The number of benzene rings is 6. The largest absolute Gasteiger partial charge is 0.308 e. The minimum absolute atomic E-state index is 0.952. The lowest BCUT2D eigenvalue weighted by atomic mass is 9.84. The Hall–Kier alpha value is -8.48. The molecule has 0 saturated carbocycles. The molecule has 6 aromatic carbocycles. The molecule has 6 heterocycles. The molecular formula is C58H38N6. The molecule has 0 spiro atoms. The molecular weight excluding hydrogens is 781 g/mol. The molecule has 1 aliphatic carbocycles. The Morgan fingerprint density at radius 1 is 0.328 bits per heavy atom. The molecule has 13 rings (SSSR count). The minimum Gasteiger partial charge on any atom is -0.308 e. The summed E-state index contributed by atoms with van der Waals surface area (Å²) in [4.78, 5) is 19.0. The summed E-state index contributed by atoms with van der Waals surface area (Å²) in [5.74, 6) is 0.